The number of nitrogens with one attached hydrogen (secondary N) is 1. The molecule has 0 aromatic carbocycles. The maximum Gasteiger partial charge on any atom is 0.137 e. The van der Waals surface area contributed by atoms with Crippen molar-refractivity contribution in [3.05, 3.63) is 0 Å². The van der Waals surface area contributed by atoms with E-state index in [0.29, 0.717) is 0 Å². The van der Waals surface area contributed by atoms with Gasteiger partial charge in [0.1, 0.15) is 30.6 Å². The minimum absolute atomic E-state index is 0.400. The van der Waals surface area contributed by atoms with Crippen LogP contribution in [0.25, 0.3) is 0 Å². The highest BCUT2D eigenvalue weighted by molar-refractivity contribution is 4.90. The summed E-state index contributed by atoms with van der Waals surface area (Å²) in [5.41, 5.74) is 0. The zero-order chi connectivity index (χ0) is 10.0. The lowest BCUT2D eigenvalue weighted by Gasteiger charge is -2.39. The van der Waals surface area contributed by atoms with Gasteiger partial charge in [0.2, 0.25) is 0 Å². The third-order valence-corrected chi connectivity index (χ3v) is 2.18. The smallest absolute Gasteiger partial charge is 0.137 e. The summed E-state index contributed by atoms with van der Waals surface area (Å²) in [5.74, 6) is 0. The number of aliphatic hydroxyl groups excluding tert-OH is 4. The van der Waals surface area contributed by atoms with Gasteiger partial charge in [-0.2, -0.15) is 0 Å². The molecule has 0 aliphatic carbocycles. The molecule has 6 nitrogen and oxygen atoms in total. The highest BCUT2D eigenvalue weighted by atomic mass is 16.6. The number of rotatable bonds is 2. The van der Waals surface area contributed by atoms with Crippen molar-refractivity contribution < 1.29 is 25.2 Å². The molecule has 13 heavy (non-hydrogen) atoms. The molecule has 0 spiro atoms. The summed E-state index contributed by atoms with van der Waals surface area (Å²) in [6, 6.07) is 0. The van der Waals surface area contributed by atoms with E-state index in [2.05, 4.69) is 5.32 Å². The normalized spacial score (nSPS) is 46.4. The molecule has 1 saturated heterocycles. The Morgan fingerprint density at radius 3 is 2.23 bits per heavy atom. The SMILES string of the molecule is CN[C@@H]1OC(CO)[C@@H](O)[C@H](O)C1O. The van der Waals surface area contributed by atoms with E-state index in [-0.39, 0.29) is 0 Å². The zero-order valence-corrected chi connectivity index (χ0v) is 7.29. The van der Waals surface area contributed by atoms with Crippen LogP contribution in [0.3, 0.4) is 0 Å². The van der Waals surface area contributed by atoms with Crippen LogP contribution >= 0.6 is 0 Å². The molecular weight excluding hydrogens is 178 g/mol. The number of hydrogen-bond acceptors (Lipinski definition) is 6. The highest BCUT2D eigenvalue weighted by Crippen LogP contribution is 2.18. The minimum Gasteiger partial charge on any atom is -0.394 e. The Kier molecular flexibility index (Phi) is 3.60. The van der Waals surface area contributed by atoms with Crippen LogP contribution in [0.5, 0.6) is 0 Å². The van der Waals surface area contributed by atoms with Crippen molar-refractivity contribution in [1.82, 2.24) is 5.32 Å². The van der Waals surface area contributed by atoms with E-state index in [0.717, 1.165) is 0 Å². The largest absolute Gasteiger partial charge is 0.394 e. The Balaban J connectivity index is 2.66. The first kappa shape index (κ1) is 10.8. The molecule has 1 aliphatic rings. The third kappa shape index (κ3) is 1.98. The van der Waals surface area contributed by atoms with Gasteiger partial charge in [0.05, 0.1) is 6.61 Å². The average molecular weight is 193 g/mol. The maximum atomic E-state index is 9.34. The van der Waals surface area contributed by atoms with Gasteiger partial charge < -0.3 is 25.2 Å². The van der Waals surface area contributed by atoms with Crippen LogP contribution in [-0.4, -0.2) is 64.7 Å². The molecule has 0 saturated carbocycles. The molecule has 2 unspecified atom stereocenters. The lowest BCUT2D eigenvalue weighted by Crippen LogP contribution is -2.61. The monoisotopic (exact) mass is 193 g/mol. The summed E-state index contributed by atoms with van der Waals surface area (Å²) in [5, 5.41) is 39.3. The first-order valence-electron chi connectivity index (χ1n) is 4.09. The van der Waals surface area contributed by atoms with E-state index < -0.39 is 37.3 Å². The quantitative estimate of drug-likeness (QED) is 0.320. The molecular formula is C7H15NO5. The van der Waals surface area contributed by atoms with Gasteiger partial charge >= 0.3 is 0 Å². The van der Waals surface area contributed by atoms with Gasteiger partial charge in [-0.25, -0.2) is 0 Å². The third-order valence-electron chi connectivity index (χ3n) is 2.18. The summed E-state index contributed by atoms with van der Waals surface area (Å²) < 4.78 is 5.06. The van der Waals surface area contributed by atoms with E-state index in [9.17, 15) is 15.3 Å². The maximum absolute atomic E-state index is 9.34. The Morgan fingerprint density at radius 2 is 1.77 bits per heavy atom. The summed E-state index contributed by atoms with van der Waals surface area (Å²) in [7, 11) is 1.55. The molecule has 0 radical (unpaired) electrons. The van der Waals surface area contributed by atoms with Crippen molar-refractivity contribution in [3.8, 4) is 0 Å². The van der Waals surface area contributed by atoms with Crippen LogP contribution < -0.4 is 5.32 Å². The fraction of sp³-hybridized carbons (Fsp3) is 1.00. The van der Waals surface area contributed by atoms with Gasteiger partial charge in [0, 0.05) is 0 Å². The molecule has 1 aliphatic heterocycles. The zero-order valence-electron chi connectivity index (χ0n) is 7.29. The van der Waals surface area contributed by atoms with Crippen LogP contribution in [0.2, 0.25) is 0 Å². The topological polar surface area (TPSA) is 102 Å². The van der Waals surface area contributed by atoms with Gasteiger partial charge in [-0.1, -0.05) is 0 Å². The van der Waals surface area contributed by atoms with E-state index in [1.807, 2.05) is 0 Å². The van der Waals surface area contributed by atoms with E-state index in [4.69, 9.17) is 9.84 Å². The van der Waals surface area contributed by atoms with Crippen molar-refractivity contribution in [2.24, 2.45) is 0 Å². The van der Waals surface area contributed by atoms with Crippen LogP contribution in [0, 0.1) is 0 Å². The van der Waals surface area contributed by atoms with Gasteiger partial charge in [0.25, 0.3) is 0 Å². The Bertz CT molecular complexity index is 147. The van der Waals surface area contributed by atoms with Crippen LogP contribution in [0.15, 0.2) is 0 Å². The number of ether oxygens (including phenoxy) is 1. The van der Waals surface area contributed by atoms with Crippen molar-refractivity contribution >= 4 is 0 Å². The minimum atomic E-state index is -1.30. The van der Waals surface area contributed by atoms with Crippen LogP contribution in [0.1, 0.15) is 0 Å². The molecule has 0 bridgehead atoms. The fourth-order valence-electron chi connectivity index (χ4n) is 1.34. The molecule has 1 rings (SSSR count). The number of aliphatic hydroxyl groups is 4. The molecule has 1 heterocycles. The Morgan fingerprint density at radius 1 is 1.15 bits per heavy atom. The summed E-state index contributed by atoms with van der Waals surface area (Å²) >= 11 is 0. The fourth-order valence-corrected chi connectivity index (χ4v) is 1.34. The molecule has 0 aromatic rings. The summed E-state index contributed by atoms with van der Waals surface area (Å²) in [4.78, 5) is 0. The molecule has 0 aromatic heterocycles. The lowest BCUT2D eigenvalue weighted by molar-refractivity contribution is -0.235. The van der Waals surface area contributed by atoms with Crippen LogP contribution in [0.4, 0.5) is 0 Å². The summed E-state index contributed by atoms with van der Waals surface area (Å²) in [6.07, 6.45) is -5.39. The number of likely N-dealkylation sites (N-methyl/N-ethyl adjacent to an activating group) is 1. The highest BCUT2D eigenvalue weighted by Gasteiger charge is 2.42. The molecule has 78 valence electrons. The molecule has 5 atom stereocenters. The lowest BCUT2D eigenvalue weighted by atomic mass is 9.98. The molecule has 0 amide bonds. The van der Waals surface area contributed by atoms with Gasteiger partial charge in [-0.3, -0.25) is 5.32 Å². The molecule has 6 heteroatoms. The second-order valence-corrected chi connectivity index (χ2v) is 3.04. The van der Waals surface area contributed by atoms with Gasteiger partial charge in [-0.15, -0.1) is 0 Å². The predicted octanol–water partition coefficient (Wildman–Crippen LogP) is -2.99. The van der Waals surface area contributed by atoms with Crippen LogP contribution in [-0.2, 0) is 4.74 Å². The van der Waals surface area contributed by atoms with Crippen molar-refractivity contribution in [1.29, 1.82) is 0 Å². The van der Waals surface area contributed by atoms with Crippen molar-refractivity contribution in [3.63, 3.8) is 0 Å². The Labute approximate surface area is 75.8 Å². The van der Waals surface area contributed by atoms with Gasteiger partial charge in [0.15, 0.2) is 0 Å². The first-order valence-corrected chi connectivity index (χ1v) is 4.09. The number of hydrogen-bond donors (Lipinski definition) is 5. The van der Waals surface area contributed by atoms with Crippen molar-refractivity contribution in [2.45, 2.75) is 30.6 Å². The average Bonchev–Trinajstić information content (AvgIpc) is 2.15. The van der Waals surface area contributed by atoms with Crippen molar-refractivity contribution in [2.75, 3.05) is 13.7 Å². The first-order chi connectivity index (χ1) is 6.11. The standard InChI is InChI=1S/C7H15NO5/c1-8-7-6(12)5(11)4(10)3(2-9)13-7/h3-12H,2H2,1H3/t3?,4-,5+,6?,7-/m1/s1. The molecule has 1 fully saturated rings. The molecule has 5 N–H and O–H groups in total. The van der Waals surface area contributed by atoms with E-state index in [1.54, 1.807) is 7.05 Å². The Hall–Kier alpha value is -0.240. The van der Waals surface area contributed by atoms with E-state index >= 15 is 0 Å². The van der Waals surface area contributed by atoms with Gasteiger partial charge in [-0.05, 0) is 7.05 Å². The second kappa shape index (κ2) is 4.32. The predicted molar refractivity (Wildman–Crippen MR) is 42.8 cm³/mol. The van der Waals surface area contributed by atoms with E-state index in [1.165, 1.54) is 0 Å². The second-order valence-electron chi connectivity index (χ2n) is 3.04. The summed E-state index contributed by atoms with van der Waals surface area (Å²) in [6.45, 7) is -0.400.